The summed E-state index contributed by atoms with van der Waals surface area (Å²) in [5, 5.41) is 6.75. The molecule has 0 atom stereocenters. The van der Waals surface area contributed by atoms with Crippen molar-refractivity contribution in [3.05, 3.63) is 52.0 Å². The van der Waals surface area contributed by atoms with Crippen molar-refractivity contribution in [1.29, 1.82) is 0 Å². The lowest BCUT2D eigenvalue weighted by atomic mass is 10.1. The van der Waals surface area contributed by atoms with Crippen molar-refractivity contribution in [2.45, 2.75) is 20.3 Å². The first-order valence-corrected chi connectivity index (χ1v) is 12.1. The van der Waals surface area contributed by atoms with Gasteiger partial charge in [0.2, 0.25) is 5.91 Å². The predicted molar refractivity (Wildman–Crippen MR) is 141 cm³/mol. The largest absolute Gasteiger partial charge is 0.495 e. The normalized spacial score (nSPS) is 13.6. The Hall–Kier alpha value is -2.55. The Morgan fingerprint density at radius 1 is 1.09 bits per heavy atom. The molecule has 1 heterocycles. The standard InChI is InChI=1S/C24H28Cl2N4O3S/c1-15(2)12-22(31)30-10-8-29(9-11-30)20-6-5-17(25)14-19(20)27-24(34)28-23(32)16-4-7-21(33-3)18(26)13-16/h4-7,13-15H,8-12H2,1-3H3,(H2,27,28,32,34). The minimum absolute atomic E-state index is 0.131. The Morgan fingerprint density at radius 3 is 2.41 bits per heavy atom. The van der Waals surface area contributed by atoms with Gasteiger partial charge in [-0.15, -0.1) is 0 Å². The summed E-state index contributed by atoms with van der Waals surface area (Å²) >= 11 is 17.7. The Bertz CT molecular complexity index is 1070. The summed E-state index contributed by atoms with van der Waals surface area (Å²) < 4.78 is 5.12. The molecular weight excluding hydrogens is 495 g/mol. The quantitative estimate of drug-likeness (QED) is 0.529. The zero-order chi connectivity index (χ0) is 24.8. The number of nitrogens with one attached hydrogen (secondary N) is 2. The molecule has 2 aromatic carbocycles. The van der Waals surface area contributed by atoms with Gasteiger partial charge in [-0.25, -0.2) is 0 Å². The van der Waals surface area contributed by atoms with E-state index in [2.05, 4.69) is 15.5 Å². The van der Waals surface area contributed by atoms with Crippen molar-refractivity contribution in [1.82, 2.24) is 10.2 Å². The molecule has 7 nitrogen and oxygen atoms in total. The number of hydrogen-bond donors (Lipinski definition) is 2. The lowest BCUT2D eigenvalue weighted by Gasteiger charge is -2.37. The Labute approximate surface area is 215 Å². The van der Waals surface area contributed by atoms with Gasteiger partial charge in [-0.3, -0.25) is 14.9 Å². The summed E-state index contributed by atoms with van der Waals surface area (Å²) in [7, 11) is 1.51. The Balaban J connectivity index is 1.66. The molecule has 3 rings (SSSR count). The molecule has 1 aliphatic rings. The molecule has 1 saturated heterocycles. The highest BCUT2D eigenvalue weighted by molar-refractivity contribution is 7.80. The fourth-order valence-electron chi connectivity index (χ4n) is 3.70. The first kappa shape index (κ1) is 26.1. The van der Waals surface area contributed by atoms with Gasteiger partial charge in [-0.05, 0) is 54.5 Å². The highest BCUT2D eigenvalue weighted by atomic mass is 35.5. The van der Waals surface area contributed by atoms with Crippen LogP contribution in [0.1, 0.15) is 30.6 Å². The van der Waals surface area contributed by atoms with Crippen LogP contribution < -0.4 is 20.3 Å². The molecule has 1 fully saturated rings. The zero-order valence-corrected chi connectivity index (χ0v) is 21.7. The SMILES string of the molecule is COc1ccc(C(=O)NC(=S)Nc2cc(Cl)ccc2N2CCN(C(=O)CC(C)C)CC2)cc1Cl. The van der Waals surface area contributed by atoms with E-state index in [0.717, 1.165) is 5.69 Å². The topological polar surface area (TPSA) is 73.9 Å². The summed E-state index contributed by atoms with van der Waals surface area (Å²) in [6.07, 6.45) is 0.557. The van der Waals surface area contributed by atoms with E-state index >= 15 is 0 Å². The van der Waals surface area contributed by atoms with Gasteiger partial charge >= 0.3 is 0 Å². The van der Waals surface area contributed by atoms with Crippen LogP contribution in [-0.4, -0.2) is 55.1 Å². The first-order chi connectivity index (χ1) is 16.2. The summed E-state index contributed by atoms with van der Waals surface area (Å²) in [4.78, 5) is 29.1. The van der Waals surface area contributed by atoms with E-state index in [9.17, 15) is 9.59 Å². The van der Waals surface area contributed by atoms with Crippen LogP contribution in [0, 0.1) is 5.92 Å². The zero-order valence-electron chi connectivity index (χ0n) is 19.4. The molecule has 0 aliphatic carbocycles. The molecular formula is C24H28Cl2N4O3S. The van der Waals surface area contributed by atoms with Gasteiger partial charge in [0.15, 0.2) is 5.11 Å². The van der Waals surface area contributed by atoms with Crippen LogP contribution >= 0.6 is 35.4 Å². The van der Waals surface area contributed by atoms with Gasteiger partial charge in [-0.2, -0.15) is 0 Å². The number of benzene rings is 2. The average Bonchev–Trinajstić information content (AvgIpc) is 2.78. The monoisotopic (exact) mass is 522 g/mol. The predicted octanol–water partition coefficient (Wildman–Crippen LogP) is 4.82. The molecule has 1 aliphatic heterocycles. The molecule has 2 aromatic rings. The highest BCUT2D eigenvalue weighted by Gasteiger charge is 2.23. The van der Waals surface area contributed by atoms with Gasteiger partial charge < -0.3 is 19.9 Å². The highest BCUT2D eigenvalue weighted by Crippen LogP contribution is 2.30. The van der Waals surface area contributed by atoms with Crippen molar-refractivity contribution in [3.63, 3.8) is 0 Å². The molecule has 34 heavy (non-hydrogen) atoms. The number of anilines is 2. The molecule has 2 amide bonds. The number of carbonyl (C=O) groups is 2. The molecule has 2 N–H and O–H groups in total. The van der Waals surface area contributed by atoms with Crippen LogP contribution in [0.15, 0.2) is 36.4 Å². The van der Waals surface area contributed by atoms with Crippen LogP contribution in [-0.2, 0) is 4.79 Å². The number of ether oxygens (including phenoxy) is 1. The van der Waals surface area contributed by atoms with E-state index in [-0.39, 0.29) is 11.0 Å². The summed E-state index contributed by atoms with van der Waals surface area (Å²) in [5.74, 6) is 0.603. The second-order valence-electron chi connectivity index (χ2n) is 8.38. The van der Waals surface area contributed by atoms with E-state index in [4.69, 9.17) is 40.2 Å². The van der Waals surface area contributed by atoms with E-state index in [1.54, 1.807) is 24.3 Å². The van der Waals surface area contributed by atoms with Crippen molar-refractivity contribution in [2.24, 2.45) is 5.92 Å². The third-order valence-corrected chi connectivity index (χ3v) is 6.14. The van der Waals surface area contributed by atoms with Crippen LogP contribution in [0.5, 0.6) is 5.75 Å². The second kappa shape index (κ2) is 11.7. The lowest BCUT2D eigenvalue weighted by Crippen LogP contribution is -2.49. The smallest absolute Gasteiger partial charge is 0.257 e. The van der Waals surface area contributed by atoms with Crippen molar-refractivity contribution in [3.8, 4) is 5.75 Å². The van der Waals surface area contributed by atoms with E-state index in [1.807, 2.05) is 24.8 Å². The molecule has 0 bridgehead atoms. The number of halogens is 2. The molecule has 0 aromatic heterocycles. The number of nitrogens with zero attached hydrogens (tertiary/aromatic N) is 2. The number of piperazine rings is 1. The van der Waals surface area contributed by atoms with Gasteiger partial charge in [0.05, 0.1) is 23.5 Å². The molecule has 0 spiro atoms. The third kappa shape index (κ3) is 6.74. The van der Waals surface area contributed by atoms with Gasteiger partial charge in [-0.1, -0.05) is 37.0 Å². The molecule has 0 unspecified atom stereocenters. The maximum atomic E-state index is 12.6. The van der Waals surface area contributed by atoms with Crippen LogP contribution in [0.4, 0.5) is 11.4 Å². The first-order valence-electron chi connectivity index (χ1n) is 11.0. The second-order valence-corrected chi connectivity index (χ2v) is 9.64. The Morgan fingerprint density at radius 2 is 1.79 bits per heavy atom. The van der Waals surface area contributed by atoms with Crippen molar-refractivity contribution in [2.75, 3.05) is 43.5 Å². The van der Waals surface area contributed by atoms with E-state index < -0.39 is 5.91 Å². The lowest BCUT2D eigenvalue weighted by molar-refractivity contribution is -0.132. The number of rotatable bonds is 6. The molecule has 0 saturated carbocycles. The maximum Gasteiger partial charge on any atom is 0.257 e. The summed E-state index contributed by atoms with van der Waals surface area (Å²) in [6.45, 7) is 6.75. The van der Waals surface area contributed by atoms with Crippen LogP contribution in [0.2, 0.25) is 10.0 Å². The number of hydrogen-bond acceptors (Lipinski definition) is 5. The third-order valence-electron chi connectivity index (χ3n) is 5.40. The van der Waals surface area contributed by atoms with E-state index in [0.29, 0.717) is 65.6 Å². The molecule has 10 heteroatoms. The number of thiocarbonyl (C=S) groups is 1. The van der Waals surface area contributed by atoms with Gasteiger partial charge in [0.1, 0.15) is 5.75 Å². The molecule has 0 radical (unpaired) electrons. The number of methoxy groups -OCH3 is 1. The average molecular weight is 523 g/mol. The Kier molecular flexibility index (Phi) is 8.99. The van der Waals surface area contributed by atoms with Crippen LogP contribution in [0.25, 0.3) is 0 Å². The van der Waals surface area contributed by atoms with Crippen molar-refractivity contribution >= 4 is 63.7 Å². The molecule has 182 valence electrons. The summed E-state index contributed by atoms with van der Waals surface area (Å²) in [6, 6.07) is 10.2. The van der Waals surface area contributed by atoms with Crippen molar-refractivity contribution < 1.29 is 14.3 Å². The fourth-order valence-corrected chi connectivity index (χ4v) is 4.33. The fraction of sp³-hybridized carbons (Fsp3) is 0.375. The van der Waals surface area contributed by atoms with Crippen LogP contribution in [0.3, 0.4) is 0 Å². The number of carbonyl (C=O) groups excluding carboxylic acids is 2. The minimum atomic E-state index is -0.400. The van der Waals surface area contributed by atoms with Gasteiger partial charge in [0, 0.05) is 43.2 Å². The number of amides is 2. The minimum Gasteiger partial charge on any atom is -0.495 e. The maximum absolute atomic E-state index is 12.6. The van der Waals surface area contributed by atoms with Gasteiger partial charge in [0.25, 0.3) is 5.91 Å². The van der Waals surface area contributed by atoms with E-state index in [1.165, 1.54) is 13.2 Å². The summed E-state index contributed by atoms with van der Waals surface area (Å²) in [5.41, 5.74) is 1.92.